The van der Waals surface area contributed by atoms with E-state index in [0.717, 1.165) is 32.6 Å². The van der Waals surface area contributed by atoms with Gasteiger partial charge in [-0.3, -0.25) is 4.79 Å². The Morgan fingerprint density at radius 3 is 2.78 bits per heavy atom. The average Bonchev–Trinajstić information content (AvgIpc) is 3.03. The molecule has 1 amide bonds. The van der Waals surface area contributed by atoms with Gasteiger partial charge in [-0.25, -0.2) is 0 Å². The molecule has 0 aliphatic carbocycles. The summed E-state index contributed by atoms with van der Waals surface area (Å²) >= 11 is 6.58. The lowest BCUT2D eigenvalue weighted by Crippen LogP contribution is -2.32. The number of carbonyl (C=O) groups excluding carboxylic acids is 1. The van der Waals surface area contributed by atoms with Crippen LogP contribution >= 0.6 is 23.6 Å². The van der Waals surface area contributed by atoms with Crippen molar-refractivity contribution in [1.82, 2.24) is 25.1 Å². The zero-order valence-corrected chi connectivity index (χ0v) is 14.4. The van der Waals surface area contributed by atoms with Gasteiger partial charge in [-0.15, -0.1) is 10.2 Å². The number of nitrogens with zero attached hydrogens (tertiary/aromatic N) is 4. The molecule has 0 saturated carbocycles. The normalized spacial score (nSPS) is 10.7. The summed E-state index contributed by atoms with van der Waals surface area (Å²) in [5.74, 6) is 0.543. The van der Waals surface area contributed by atoms with Crippen molar-refractivity contribution >= 4 is 45.2 Å². The highest BCUT2D eigenvalue weighted by molar-refractivity contribution is 7.80. The number of benzene rings is 1. The number of nitrogens with one attached hydrogen (secondary N) is 2. The number of hydrogen-bond acceptors (Lipinski definition) is 6. The van der Waals surface area contributed by atoms with Gasteiger partial charge in [0, 0.05) is 18.2 Å². The minimum atomic E-state index is -0.208. The predicted octanol–water partition coefficient (Wildman–Crippen LogP) is 2.30. The first kappa shape index (κ1) is 15.5. The van der Waals surface area contributed by atoms with Crippen LogP contribution in [0.1, 0.15) is 18.3 Å². The van der Waals surface area contributed by atoms with Crippen LogP contribution in [0.4, 0.5) is 5.69 Å². The van der Waals surface area contributed by atoms with Crippen molar-refractivity contribution in [3.05, 3.63) is 29.6 Å². The molecule has 0 aliphatic heterocycles. The molecular formula is C14H14N6OS2. The molecule has 0 unspecified atom stereocenters. The van der Waals surface area contributed by atoms with E-state index in [1.165, 1.54) is 18.3 Å². The Morgan fingerprint density at radius 1 is 1.30 bits per heavy atom. The van der Waals surface area contributed by atoms with Crippen LogP contribution in [-0.4, -0.2) is 30.8 Å². The Labute approximate surface area is 141 Å². The van der Waals surface area contributed by atoms with Gasteiger partial charge in [-0.05, 0) is 37.7 Å². The number of rotatable bonds is 2. The lowest BCUT2D eigenvalue weighted by atomic mass is 10.1. The van der Waals surface area contributed by atoms with Crippen molar-refractivity contribution in [2.75, 3.05) is 5.32 Å². The van der Waals surface area contributed by atoms with Crippen LogP contribution in [0.3, 0.4) is 0 Å². The van der Waals surface area contributed by atoms with E-state index < -0.39 is 0 Å². The third-order valence-electron chi connectivity index (χ3n) is 3.25. The van der Waals surface area contributed by atoms with Crippen molar-refractivity contribution in [3.8, 4) is 10.6 Å². The number of anilines is 1. The zero-order valence-electron chi connectivity index (χ0n) is 12.7. The number of hydrogen-bond donors (Lipinski definition) is 2. The summed E-state index contributed by atoms with van der Waals surface area (Å²) in [5.41, 5.74) is 2.79. The quantitative estimate of drug-likeness (QED) is 0.693. The monoisotopic (exact) mass is 346 g/mol. The van der Waals surface area contributed by atoms with Crippen LogP contribution in [0, 0.1) is 13.8 Å². The Kier molecular flexibility index (Phi) is 4.05. The highest BCUT2D eigenvalue weighted by atomic mass is 32.1. The lowest BCUT2D eigenvalue weighted by molar-refractivity contribution is -0.117. The molecule has 0 bridgehead atoms. The number of aryl methyl sites for hydroxylation is 1. The van der Waals surface area contributed by atoms with E-state index >= 15 is 0 Å². The Morgan fingerprint density at radius 2 is 2.09 bits per heavy atom. The molecule has 3 rings (SSSR count). The molecular weight excluding hydrogens is 332 g/mol. The molecule has 0 radical (unpaired) electrons. The van der Waals surface area contributed by atoms with Crippen molar-refractivity contribution in [2.24, 2.45) is 0 Å². The van der Waals surface area contributed by atoms with Gasteiger partial charge in [-0.2, -0.15) is 9.61 Å². The van der Waals surface area contributed by atoms with Crippen LogP contribution < -0.4 is 10.6 Å². The second kappa shape index (κ2) is 6.01. The van der Waals surface area contributed by atoms with Crippen molar-refractivity contribution in [2.45, 2.75) is 20.8 Å². The summed E-state index contributed by atoms with van der Waals surface area (Å²) in [6, 6.07) is 5.80. The van der Waals surface area contributed by atoms with Gasteiger partial charge in [0.2, 0.25) is 10.9 Å². The molecule has 2 aromatic heterocycles. The molecule has 0 aliphatic rings. The Hall–Kier alpha value is -2.39. The van der Waals surface area contributed by atoms with Crippen LogP contribution in [-0.2, 0) is 4.79 Å². The van der Waals surface area contributed by atoms with Crippen LogP contribution in [0.25, 0.3) is 15.5 Å². The van der Waals surface area contributed by atoms with Gasteiger partial charge in [0.25, 0.3) is 0 Å². The molecule has 3 aromatic rings. The van der Waals surface area contributed by atoms with Crippen molar-refractivity contribution in [1.29, 1.82) is 0 Å². The van der Waals surface area contributed by atoms with Gasteiger partial charge in [-0.1, -0.05) is 23.5 Å². The van der Waals surface area contributed by atoms with Crippen molar-refractivity contribution < 1.29 is 4.79 Å². The van der Waals surface area contributed by atoms with Crippen molar-refractivity contribution in [3.63, 3.8) is 0 Å². The van der Waals surface area contributed by atoms with E-state index in [2.05, 4.69) is 25.9 Å². The first-order valence-corrected chi connectivity index (χ1v) is 8.05. The molecule has 7 nitrogen and oxygen atoms in total. The van der Waals surface area contributed by atoms with Gasteiger partial charge in [0.15, 0.2) is 10.9 Å². The first-order chi connectivity index (χ1) is 11.0. The second-order valence-electron chi connectivity index (χ2n) is 4.96. The molecule has 0 spiro atoms. The van der Waals surface area contributed by atoms with Gasteiger partial charge in [0.05, 0.1) is 0 Å². The van der Waals surface area contributed by atoms with E-state index in [4.69, 9.17) is 12.2 Å². The van der Waals surface area contributed by atoms with E-state index in [1.54, 1.807) is 4.52 Å². The lowest BCUT2D eigenvalue weighted by Gasteiger charge is -2.12. The molecule has 0 atom stereocenters. The fraction of sp³-hybridized carbons (Fsp3) is 0.214. The standard InChI is InChI=1S/C14H14N6OS2/c1-7-10(12-19-20-8(2)17-18-14(20)23-12)5-4-6-11(7)16-13(22)15-9(3)21/h4-6H,1-3H3,(H2,15,16,21,22). The first-order valence-electron chi connectivity index (χ1n) is 6.83. The number of amides is 1. The highest BCUT2D eigenvalue weighted by Crippen LogP contribution is 2.31. The summed E-state index contributed by atoms with van der Waals surface area (Å²) in [6.07, 6.45) is 0. The molecule has 118 valence electrons. The third-order valence-corrected chi connectivity index (χ3v) is 4.38. The Bertz CT molecular complexity index is 913. The van der Waals surface area contributed by atoms with Gasteiger partial charge in [0.1, 0.15) is 5.01 Å². The predicted molar refractivity (Wildman–Crippen MR) is 93.6 cm³/mol. The maximum Gasteiger partial charge on any atom is 0.234 e. The number of thiocarbonyl (C=S) groups is 1. The third kappa shape index (κ3) is 3.06. The van der Waals surface area contributed by atoms with E-state index in [9.17, 15) is 4.79 Å². The molecule has 2 N–H and O–H groups in total. The summed E-state index contributed by atoms with van der Waals surface area (Å²) in [7, 11) is 0. The molecule has 2 heterocycles. The van der Waals surface area contributed by atoms with E-state index in [0.29, 0.717) is 0 Å². The largest absolute Gasteiger partial charge is 0.332 e. The maximum atomic E-state index is 11.1. The summed E-state index contributed by atoms with van der Waals surface area (Å²) in [6.45, 7) is 5.25. The van der Waals surface area contributed by atoms with Crippen LogP contribution in [0.15, 0.2) is 18.2 Å². The summed E-state index contributed by atoms with van der Waals surface area (Å²) in [5, 5.41) is 19.3. The summed E-state index contributed by atoms with van der Waals surface area (Å²) < 4.78 is 1.72. The second-order valence-corrected chi connectivity index (χ2v) is 6.33. The smallest absolute Gasteiger partial charge is 0.234 e. The van der Waals surface area contributed by atoms with E-state index in [1.807, 2.05) is 32.0 Å². The average molecular weight is 346 g/mol. The number of aromatic nitrogens is 4. The number of carbonyl (C=O) groups is 1. The van der Waals surface area contributed by atoms with Crippen LogP contribution in [0.5, 0.6) is 0 Å². The fourth-order valence-corrected chi connectivity index (χ4v) is 3.36. The topological polar surface area (TPSA) is 84.2 Å². The zero-order chi connectivity index (χ0) is 16.6. The maximum absolute atomic E-state index is 11.1. The Balaban J connectivity index is 1.95. The highest BCUT2D eigenvalue weighted by Gasteiger charge is 2.14. The van der Waals surface area contributed by atoms with E-state index in [-0.39, 0.29) is 11.0 Å². The minimum absolute atomic E-state index is 0.208. The number of fused-ring (bicyclic) bond motifs is 1. The molecule has 0 saturated heterocycles. The molecule has 9 heteroatoms. The fourth-order valence-electron chi connectivity index (χ4n) is 2.14. The minimum Gasteiger partial charge on any atom is -0.332 e. The molecule has 23 heavy (non-hydrogen) atoms. The van der Waals surface area contributed by atoms with Crippen LogP contribution in [0.2, 0.25) is 0 Å². The molecule has 0 fully saturated rings. The van der Waals surface area contributed by atoms with Gasteiger partial charge >= 0.3 is 0 Å². The molecule has 1 aromatic carbocycles. The SMILES string of the molecule is CC(=O)NC(=S)Nc1cccc(-c2nn3c(C)nnc3s2)c1C. The summed E-state index contributed by atoms with van der Waals surface area (Å²) in [4.78, 5) is 11.8. The van der Waals surface area contributed by atoms with Gasteiger partial charge < -0.3 is 10.6 Å².